The molecule has 0 radical (unpaired) electrons. The van der Waals surface area contributed by atoms with Gasteiger partial charge < -0.3 is 0 Å². The second-order valence-corrected chi connectivity index (χ2v) is 5.50. The van der Waals surface area contributed by atoms with Gasteiger partial charge in [-0.15, -0.1) is 0 Å². The second-order valence-electron chi connectivity index (χ2n) is 5.50. The summed E-state index contributed by atoms with van der Waals surface area (Å²) < 4.78 is 0. The zero-order valence-corrected chi connectivity index (χ0v) is 10.6. The van der Waals surface area contributed by atoms with Crippen LogP contribution in [0.5, 0.6) is 0 Å². The molecule has 1 fully saturated rings. The number of carbonyl (C=O) groups excluding carboxylic acids is 1. The first-order valence-electron chi connectivity index (χ1n) is 6.68. The van der Waals surface area contributed by atoms with Crippen molar-refractivity contribution in [3.05, 3.63) is 0 Å². The van der Waals surface area contributed by atoms with E-state index in [1.54, 1.807) is 0 Å². The molecule has 15 heavy (non-hydrogen) atoms. The number of hydrogen-bond acceptors (Lipinski definition) is 1. The summed E-state index contributed by atoms with van der Waals surface area (Å²) in [6, 6.07) is 0. The lowest BCUT2D eigenvalue weighted by Crippen LogP contribution is -2.15. The van der Waals surface area contributed by atoms with Gasteiger partial charge in [0.05, 0.1) is 0 Å². The van der Waals surface area contributed by atoms with E-state index in [9.17, 15) is 4.79 Å². The Balaban J connectivity index is 2.29. The maximum Gasteiger partial charge on any atom is 0.139 e. The van der Waals surface area contributed by atoms with Crippen molar-refractivity contribution in [2.75, 3.05) is 0 Å². The third-order valence-electron chi connectivity index (χ3n) is 3.58. The van der Waals surface area contributed by atoms with E-state index in [1.165, 1.54) is 25.7 Å². The van der Waals surface area contributed by atoms with Crippen molar-refractivity contribution in [2.24, 2.45) is 17.8 Å². The molecule has 0 heterocycles. The van der Waals surface area contributed by atoms with Crippen LogP contribution in [0.15, 0.2) is 0 Å². The van der Waals surface area contributed by atoms with E-state index in [4.69, 9.17) is 0 Å². The Kier molecular flexibility index (Phi) is 5.35. The van der Waals surface area contributed by atoms with Gasteiger partial charge in [-0.3, -0.25) is 4.79 Å². The quantitative estimate of drug-likeness (QED) is 0.600. The number of Topliss-reactive ketones (excluding diaryl/α,β-unsaturated/α-hetero) is 1. The molecule has 0 aromatic heterocycles. The van der Waals surface area contributed by atoms with Gasteiger partial charge in [-0.1, -0.05) is 40.0 Å². The van der Waals surface area contributed by atoms with Gasteiger partial charge >= 0.3 is 0 Å². The second kappa shape index (κ2) is 6.30. The Hall–Kier alpha value is -0.330. The summed E-state index contributed by atoms with van der Waals surface area (Å²) in [5.74, 6) is 2.07. The lowest BCUT2D eigenvalue weighted by atomic mass is 9.92. The topological polar surface area (TPSA) is 17.1 Å². The summed E-state index contributed by atoms with van der Waals surface area (Å²) in [4.78, 5) is 12.0. The third-order valence-corrected chi connectivity index (χ3v) is 3.58. The molecule has 1 aliphatic carbocycles. The standard InChI is InChI=1S/C14H26O/c1-4-5-6-7-12-8-9-13(14(12)15)10-11(2)3/h11-13H,4-10H2,1-3H3. The summed E-state index contributed by atoms with van der Waals surface area (Å²) in [6.07, 6.45) is 8.40. The van der Waals surface area contributed by atoms with Gasteiger partial charge in [0, 0.05) is 11.8 Å². The zero-order chi connectivity index (χ0) is 11.3. The Morgan fingerprint density at radius 3 is 2.47 bits per heavy atom. The number of rotatable bonds is 6. The van der Waals surface area contributed by atoms with Gasteiger partial charge in [0.1, 0.15) is 5.78 Å². The molecule has 0 saturated heterocycles. The molecule has 1 saturated carbocycles. The van der Waals surface area contributed by atoms with Crippen LogP contribution in [0.1, 0.15) is 65.7 Å². The molecule has 1 rings (SSSR count). The first-order valence-corrected chi connectivity index (χ1v) is 6.68. The molecular weight excluding hydrogens is 184 g/mol. The highest BCUT2D eigenvalue weighted by molar-refractivity contribution is 5.85. The molecule has 0 N–H and O–H groups in total. The number of ketones is 1. The molecule has 0 aromatic rings. The van der Waals surface area contributed by atoms with Crippen LogP contribution in [0.3, 0.4) is 0 Å². The predicted octanol–water partition coefficient (Wildman–Crippen LogP) is 4.21. The van der Waals surface area contributed by atoms with E-state index < -0.39 is 0 Å². The number of unbranched alkanes of at least 4 members (excludes halogenated alkanes) is 2. The Morgan fingerprint density at radius 2 is 1.87 bits per heavy atom. The molecular formula is C14H26O. The molecule has 88 valence electrons. The van der Waals surface area contributed by atoms with E-state index >= 15 is 0 Å². The summed E-state index contributed by atoms with van der Waals surface area (Å²) in [6.45, 7) is 6.66. The fourth-order valence-electron chi connectivity index (χ4n) is 2.75. The fraction of sp³-hybridized carbons (Fsp3) is 0.929. The lowest BCUT2D eigenvalue weighted by molar-refractivity contribution is -0.124. The average molecular weight is 210 g/mol. The molecule has 1 aliphatic rings. The van der Waals surface area contributed by atoms with E-state index in [0.29, 0.717) is 23.5 Å². The first kappa shape index (κ1) is 12.7. The van der Waals surface area contributed by atoms with Gasteiger partial charge in [0.25, 0.3) is 0 Å². The SMILES string of the molecule is CCCCCC1CCC(CC(C)C)C1=O. The maximum atomic E-state index is 12.0. The highest BCUT2D eigenvalue weighted by Gasteiger charge is 2.33. The Labute approximate surface area is 94.6 Å². The minimum absolute atomic E-state index is 0.400. The Bertz CT molecular complexity index is 196. The summed E-state index contributed by atoms with van der Waals surface area (Å²) in [5.41, 5.74) is 0. The van der Waals surface area contributed by atoms with Crippen LogP contribution in [0.25, 0.3) is 0 Å². The average Bonchev–Trinajstić information content (AvgIpc) is 2.49. The summed E-state index contributed by atoms with van der Waals surface area (Å²) >= 11 is 0. The number of hydrogen-bond donors (Lipinski definition) is 0. The minimum Gasteiger partial charge on any atom is -0.299 e. The maximum absolute atomic E-state index is 12.0. The molecule has 2 unspecified atom stereocenters. The van der Waals surface area contributed by atoms with Crippen LogP contribution in [-0.4, -0.2) is 5.78 Å². The molecule has 2 atom stereocenters. The van der Waals surface area contributed by atoms with Crippen LogP contribution in [0.2, 0.25) is 0 Å². The van der Waals surface area contributed by atoms with Crippen molar-refractivity contribution in [3.8, 4) is 0 Å². The Morgan fingerprint density at radius 1 is 1.20 bits per heavy atom. The molecule has 0 aliphatic heterocycles. The normalized spacial score (nSPS) is 26.5. The van der Waals surface area contributed by atoms with Crippen molar-refractivity contribution in [1.29, 1.82) is 0 Å². The third kappa shape index (κ3) is 3.96. The van der Waals surface area contributed by atoms with Gasteiger partial charge in [0.15, 0.2) is 0 Å². The first-order chi connectivity index (χ1) is 7.15. The van der Waals surface area contributed by atoms with Crippen LogP contribution >= 0.6 is 0 Å². The van der Waals surface area contributed by atoms with E-state index in [1.807, 2.05) is 0 Å². The molecule has 0 aromatic carbocycles. The highest BCUT2D eigenvalue weighted by atomic mass is 16.1. The largest absolute Gasteiger partial charge is 0.299 e. The zero-order valence-electron chi connectivity index (χ0n) is 10.6. The van der Waals surface area contributed by atoms with Gasteiger partial charge in [-0.05, 0) is 31.6 Å². The van der Waals surface area contributed by atoms with Crippen LogP contribution in [0.4, 0.5) is 0 Å². The summed E-state index contributed by atoms with van der Waals surface area (Å²) in [5, 5.41) is 0. The minimum atomic E-state index is 0.400. The highest BCUT2D eigenvalue weighted by Crippen LogP contribution is 2.34. The van der Waals surface area contributed by atoms with Crippen LogP contribution < -0.4 is 0 Å². The van der Waals surface area contributed by atoms with Gasteiger partial charge in [-0.2, -0.15) is 0 Å². The van der Waals surface area contributed by atoms with Gasteiger partial charge in [0.2, 0.25) is 0 Å². The smallest absolute Gasteiger partial charge is 0.139 e. The van der Waals surface area contributed by atoms with Crippen LogP contribution in [-0.2, 0) is 4.79 Å². The van der Waals surface area contributed by atoms with E-state index in [-0.39, 0.29) is 0 Å². The van der Waals surface area contributed by atoms with Crippen LogP contribution in [0, 0.1) is 17.8 Å². The summed E-state index contributed by atoms with van der Waals surface area (Å²) in [7, 11) is 0. The van der Waals surface area contributed by atoms with E-state index in [2.05, 4.69) is 20.8 Å². The van der Waals surface area contributed by atoms with Crippen molar-refractivity contribution in [2.45, 2.75) is 65.7 Å². The predicted molar refractivity (Wildman–Crippen MR) is 64.8 cm³/mol. The van der Waals surface area contributed by atoms with Crippen molar-refractivity contribution in [1.82, 2.24) is 0 Å². The van der Waals surface area contributed by atoms with Crippen molar-refractivity contribution >= 4 is 5.78 Å². The van der Waals surface area contributed by atoms with Crippen molar-refractivity contribution in [3.63, 3.8) is 0 Å². The number of carbonyl (C=O) groups is 1. The van der Waals surface area contributed by atoms with Gasteiger partial charge in [-0.25, -0.2) is 0 Å². The molecule has 1 nitrogen and oxygen atoms in total. The molecule has 0 spiro atoms. The van der Waals surface area contributed by atoms with Crippen molar-refractivity contribution < 1.29 is 4.79 Å². The monoisotopic (exact) mass is 210 g/mol. The fourth-order valence-corrected chi connectivity index (χ4v) is 2.75. The molecule has 0 bridgehead atoms. The molecule has 0 amide bonds. The van der Waals surface area contributed by atoms with E-state index in [0.717, 1.165) is 19.3 Å². The molecule has 1 heteroatoms. The lowest BCUT2D eigenvalue weighted by Gasteiger charge is -2.12.